The number of rotatable bonds is 4. The highest BCUT2D eigenvalue weighted by molar-refractivity contribution is 9.10. The highest BCUT2D eigenvalue weighted by atomic mass is 79.9. The van der Waals surface area contributed by atoms with Crippen molar-refractivity contribution in [3.05, 3.63) is 28.7 Å². The van der Waals surface area contributed by atoms with E-state index in [0.717, 1.165) is 17.8 Å². The van der Waals surface area contributed by atoms with Gasteiger partial charge in [-0.05, 0) is 24.3 Å². The van der Waals surface area contributed by atoms with Crippen molar-refractivity contribution in [2.45, 2.75) is 4.90 Å². The Morgan fingerprint density at radius 3 is 2.00 bits per heavy atom. The van der Waals surface area contributed by atoms with Gasteiger partial charge in [0.15, 0.2) is 0 Å². The Balaban J connectivity index is 3.07. The summed E-state index contributed by atoms with van der Waals surface area (Å²) in [7, 11) is -6.38. The van der Waals surface area contributed by atoms with Crippen LogP contribution >= 0.6 is 15.9 Å². The predicted octanol–water partition coefficient (Wildman–Crippen LogP) is 0.534. The second-order valence-corrected chi connectivity index (χ2v) is 7.90. The van der Waals surface area contributed by atoms with E-state index < -0.39 is 20.0 Å². The summed E-state index contributed by atoms with van der Waals surface area (Å²) in [5, 5.41) is 0. The van der Waals surface area contributed by atoms with Gasteiger partial charge in [-0.1, -0.05) is 15.9 Å². The average Bonchev–Trinajstić information content (AvgIpc) is 2.15. The minimum Gasteiger partial charge on any atom is -0.211 e. The fourth-order valence-electron chi connectivity index (χ4n) is 1.05. The Hall–Kier alpha value is -0.480. The molecule has 1 aromatic rings. The predicted molar refractivity (Wildman–Crippen MR) is 67.1 cm³/mol. The average molecular weight is 343 g/mol. The number of halogens is 1. The number of nitrogens with one attached hydrogen (secondary N) is 1. The van der Waals surface area contributed by atoms with Gasteiger partial charge < -0.3 is 0 Å². The summed E-state index contributed by atoms with van der Waals surface area (Å²) >= 11 is 3.18. The molecule has 1 aromatic carbocycles. The maximum absolute atomic E-state index is 11.9. The van der Waals surface area contributed by atoms with Gasteiger partial charge in [0.1, 0.15) is 0 Å². The molecule has 0 amide bonds. The molecule has 0 spiro atoms. The zero-order valence-corrected chi connectivity index (χ0v) is 12.3. The first-order valence-corrected chi connectivity index (χ1v) is 8.47. The molecule has 0 heterocycles. The molecule has 0 saturated heterocycles. The number of benzene rings is 1. The quantitative estimate of drug-likeness (QED) is 0.809. The molecule has 0 aromatic heterocycles. The largest absolute Gasteiger partial charge is 0.256 e. The molecule has 0 unspecified atom stereocenters. The van der Waals surface area contributed by atoms with Gasteiger partial charge >= 0.3 is 0 Å². The second kappa shape index (κ2) is 5.02. The Morgan fingerprint density at radius 2 is 1.59 bits per heavy atom. The molecular formula is C8H11BrN2O4S2. The maximum atomic E-state index is 11.9. The highest BCUT2D eigenvalue weighted by Crippen LogP contribution is 2.16. The lowest BCUT2D eigenvalue weighted by molar-refractivity contribution is 0.434. The van der Waals surface area contributed by atoms with Crippen molar-refractivity contribution >= 4 is 36.0 Å². The van der Waals surface area contributed by atoms with Crippen LogP contribution in [0.15, 0.2) is 33.6 Å². The molecule has 0 atom stereocenters. The van der Waals surface area contributed by atoms with Crippen LogP contribution in [0.5, 0.6) is 0 Å². The van der Waals surface area contributed by atoms with E-state index in [1.165, 1.54) is 12.1 Å². The number of hydrogen-bond donors (Lipinski definition) is 1. The van der Waals surface area contributed by atoms with Gasteiger partial charge in [-0.25, -0.2) is 16.8 Å². The van der Waals surface area contributed by atoms with Crippen LogP contribution in [0.2, 0.25) is 0 Å². The van der Waals surface area contributed by atoms with Crippen molar-refractivity contribution in [1.29, 1.82) is 0 Å². The molecule has 0 aliphatic heterocycles. The number of nitrogens with zero attached hydrogens (tertiary/aromatic N) is 1. The van der Waals surface area contributed by atoms with E-state index in [1.54, 1.807) is 12.1 Å². The smallest absolute Gasteiger partial charge is 0.211 e. The summed E-state index contributed by atoms with van der Waals surface area (Å²) in [6.07, 6.45) is 0.876. The maximum Gasteiger partial charge on any atom is 0.256 e. The van der Waals surface area contributed by atoms with Gasteiger partial charge in [-0.2, -0.15) is 0 Å². The van der Waals surface area contributed by atoms with Crippen molar-refractivity contribution in [1.82, 2.24) is 9.25 Å². The van der Waals surface area contributed by atoms with Crippen LogP contribution in [-0.4, -0.2) is 34.6 Å². The van der Waals surface area contributed by atoms with E-state index in [2.05, 4.69) is 15.9 Å². The lowest BCUT2D eigenvalue weighted by Gasteiger charge is -2.16. The second-order valence-electron chi connectivity index (χ2n) is 3.29. The van der Waals surface area contributed by atoms with E-state index in [9.17, 15) is 16.8 Å². The Kier molecular flexibility index (Phi) is 4.31. The number of hydrazine groups is 1. The molecule has 0 aliphatic carbocycles. The van der Waals surface area contributed by atoms with Crippen LogP contribution in [0.4, 0.5) is 0 Å². The summed E-state index contributed by atoms with van der Waals surface area (Å²) in [5.41, 5.74) is 0. The zero-order chi connectivity index (χ0) is 13.3. The molecule has 96 valence electrons. The van der Waals surface area contributed by atoms with E-state index in [1.807, 2.05) is 4.83 Å². The van der Waals surface area contributed by atoms with Crippen LogP contribution in [0.25, 0.3) is 0 Å². The van der Waals surface area contributed by atoms with Crippen LogP contribution in [0, 0.1) is 0 Å². The third-order valence-electron chi connectivity index (χ3n) is 1.77. The van der Waals surface area contributed by atoms with Gasteiger partial charge in [0.2, 0.25) is 10.0 Å². The van der Waals surface area contributed by atoms with Crippen molar-refractivity contribution in [3.8, 4) is 0 Å². The third-order valence-corrected chi connectivity index (χ3v) is 4.70. The van der Waals surface area contributed by atoms with E-state index >= 15 is 0 Å². The molecular weight excluding hydrogens is 332 g/mol. The van der Waals surface area contributed by atoms with Crippen molar-refractivity contribution in [2.24, 2.45) is 0 Å². The van der Waals surface area contributed by atoms with Crippen molar-refractivity contribution in [2.75, 3.05) is 13.3 Å². The molecule has 1 rings (SSSR count). The Labute approximate surface area is 109 Å². The standard InChI is InChI=1S/C8H11BrN2O4S2/c1-11(10-16(2,12)13)17(14,15)8-5-3-7(9)4-6-8/h3-6,10H,1-2H3. The summed E-state index contributed by atoms with van der Waals surface area (Å²) in [6.45, 7) is 0. The number of sulfonamides is 2. The minimum atomic E-state index is -3.87. The van der Waals surface area contributed by atoms with Gasteiger partial charge in [0.05, 0.1) is 11.2 Å². The fraction of sp³-hybridized carbons (Fsp3) is 0.250. The molecule has 0 aliphatic rings. The monoisotopic (exact) mass is 342 g/mol. The lowest BCUT2D eigenvalue weighted by atomic mass is 10.4. The Bertz CT molecular complexity index is 595. The fourth-order valence-corrected chi connectivity index (χ4v) is 3.37. The minimum absolute atomic E-state index is 0.000602. The van der Waals surface area contributed by atoms with Gasteiger partial charge in [-0.3, -0.25) is 0 Å². The lowest BCUT2D eigenvalue weighted by Crippen LogP contribution is -2.42. The van der Waals surface area contributed by atoms with Crippen LogP contribution < -0.4 is 4.83 Å². The SMILES string of the molecule is CN(NS(C)(=O)=O)S(=O)(=O)c1ccc(Br)cc1. The zero-order valence-electron chi connectivity index (χ0n) is 9.08. The summed E-state index contributed by atoms with van der Waals surface area (Å²) in [4.78, 5) is 1.88. The first-order valence-electron chi connectivity index (χ1n) is 4.35. The van der Waals surface area contributed by atoms with E-state index in [4.69, 9.17) is 0 Å². The summed E-state index contributed by atoms with van der Waals surface area (Å²) in [6, 6.07) is 5.86. The highest BCUT2D eigenvalue weighted by Gasteiger charge is 2.23. The van der Waals surface area contributed by atoms with Crippen molar-refractivity contribution in [3.63, 3.8) is 0 Å². The normalized spacial score (nSPS) is 12.9. The van der Waals surface area contributed by atoms with E-state index in [-0.39, 0.29) is 4.90 Å². The Morgan fingerprint density at radius 1 is 1.12 bits per heavy atom. The van der Waals surface area contributed by atoms with Crippen LogP contribution in [-0.2, 0) is 20.0 Å². The first-order chi connectivity index (χ1) is 7.63. The summed E-state index contributed by atoms with van der Waals surface area (Å²) < 4.78 is 47.0. The van der Waals surface area contributed by atoms with Crippen molar-refractivity contribution < 1.29 is 16.8 Å². The van der Waals surface area contributed by atoms with Crippen LogP contribution in [0.3, 0.4) is 0 Å². The van der Waals surface area contributed by atoms with Gasteiger partial charge in [-0.15, -0.1) is 9.25 Å². The first kappa shape index (κ1) is 14.6. The molecule has 0 fully saturated rings. The topological polar surface area (TPSA) is 83.6 Å². The van der Waals surface area contributed by atoms with Crippen LogP contribution in [0.1, 0.15) is 0 Å². The van der Waals surface area contributed by atoms with Gasteiger partial charge in [0, 0.05) is 11.5 Å². The molecule has 0 saturated carbocycles. The molecule has 1 N–H and O–H groups in total. The van der Waals surface area contributed by atoms with E-state index in [0.29, 0.717) is 4.41 Å². The molecule has 9 heteroatoms. The van der Waals surface area contributed by atoms with Gasteiger partial charge in [0.25, 0.3) is 10.0 Å². The molecule has 6 nitrogen and oxygen atoms in total. The molecule has 0 radical (unpaired) electrons. The number of hydrogen-bond acceptors (Lipinski definition) is 4. The molecule has 17 heavy (non-hydrogen) atoms. The summed E-state index contributed by atoms with van der Waals surface area (Å²) in [5.74, 6) is 0. The molecule has 0 bridgehead atoms. The third kappa shape index (κ3) is 4.03.